The second kappa shape index (κ2) is 6.85. The van der Waals surface area contributed by atoms with Crippen LogP contribution in [0.1, 0.15) is 15.2 Å². The Morgan fingerprint density at radius 1 is 1.30 bits per heavy atom. The standard InChI is InChI=1S/C14H12INO3S/c1-9-6-7-20-13(9)14(18)19-8-12(17)16-11-5-3-2-4-10(11)15/h2-7H,8H2,1H3,(H,16,17). The summed E-state index contributed by atoms with van der Waals surface area (Å²) in [5.41, 5.74) is 1.57. The summed E-state index contributed by atoms with van der Waals surface area (Å²) >= 11 is 3.44. The Balaban J connectivity index is 1.89. The van der Waals surface area contributed by atoms with Crippen molar-refractivity contribution in [2.75, 3.05) is 11.9 Å². The Morgan fingerprint density at radius 2 is 2.05 bits per heavy atom. The summed E-state index contributed by atoms with van der Waals surface area (Å²) in [6.07, 6.45) is 0. The highest BCUT2D eigenvalue weighted by atomic mass is 127. The van der Waals surface area contributed by atoms with Gasteiger partial charge in [0.05, 0.1) is 5.69 Å². The van der Waals surface area contributed by atoms with Crippen molar-refractivity contribution in [1.29, 1.82) is 0 Å². The fraction of sp³-hybridized carbons (Fsp3) is 0.143. The van der Waals surface area contributed by atoms with Crippen LogP contribution < -0.4 is 5.32 Å². The van der Waals surface area contributed by atoms with Crippen molar-refractivity contribution in [3.05, 3.63) is 49.7 Å². The van der Waals surface area contributed by atoms with Gasteiger partial charge in [-0.05, 0) is 58.7 Å². The average molecular weight is 401 g/mol. The molecule has 104 valence electrons. The minimum atomic E-state index is -0.463. The lowest BCUT2D eigenvalue weighted by molar-refractivity contribution is -0.119. The van der Waals surface area contributed by atoms with E-state index in [1.807, 2.05) is 36.6 Å². The van der Waals surface area contributed by atoms with Gasteiger partial charge in [-0.15, -0.1) is 11.3 Å². The number of nitrogens with one attached hydrogen (secondary N) is 1. The topological polar surface area (TPSA) is 55.4 Å². The molecule has 1 heterocycles. The van der Waals surface area contributed by atoms with Crippen molar-refractivity contribution < 1.29 is 14.3 Å². The number of benzene rings is 1. The largest absolute Gasteiger partial charge is 0.451 e. The molecular weight excluding hydrogens is 389 g/mol. The van der Waals surface area contributed by atoms with Crippen molar-refractivity contribution in [1.82, 2.24) is 0 Å². The normalized spacial score (nSPS) is 10.1. The molecule has 1 aromatic heterocycles. The number of amides is 1. The van der Waals surface area contributed by atoms with Gasteiger partial charge in [0.2, 0.25) is 0 Å². The third-order valence-corrected chi connectivity index (χ3v) is 4.47. The molecule has 0 saturated carbocycles. The molecule has 0 bridgehead atoms. The van der Waals surface area contributed by atoms with Crippen LogP contribution in [0.25, 0.3) is 0 Å². The van der Waals surface area contributed by atoms with Gasteiger partial charge in [0.1, 0.15) is 4.88 Å². The molecule has 20 heavy (non-hydrogen) atoms. The molecule has 0 fully saturated rings. The SMILES string of the molecule is Cc1ccsc1C(=O)OCC(=O)Nc1ccccc1I. The molecule has 0 radical (unpaired) electrons. The number of hydrogen-bond acceptors (Lipinski definition) is 4. The fourth-order valence-corrected chi connectivity index (χ4v) is 2.87. The van der Waals surface area contributed by atoms with E-state index in [1.165, 1.54) is 11.3 Å². The van der Waals surface area contributed by atoms with Crippen molar-refractivity contribution >= 4 is 51.5 Å². The number of para-hydroxylation sites is 1. The number of halogens is 1. The molecule has 2 aromatic rings. The molecule has 0 spiro atoms. The highest BCUT2D eigenvalue weighted by Gasteiger charge is 2.14. The van der Waals surface area contributed by atoms with Crippen molar-refractivity contribution in [2.24, 2.45) is 0 Å². The third kappa shape index (κ3) is 3.80. The van der Waals surface area contributed by atoms with Crippen LogP contribution in [0.5, 0.6) is 0 Å². The average Bonchev–Trinajstić information content (AvgIpc) is 2.85. The van der Waals surface area contributed by atoms with E-state index in [1.54, 1.807) is 6.07 Å². The molecule has 6 heteroatoms. The van der Waals surface area contributed by atoms with Gasteiger partial charge < -0.3 is 10.1 Å². The van der Waals surface area contributed by atoms with Crippen LogP contribution in [0.4, 0.5) is 5.69 Å². The van der Waals surface area contributed by atoms with Crippen molar-refractivity contribution in [3.8, 4) is 0 Å². The van der Waals surface area contributed by atoms with Gasteiger partial charge in [0.25, 0.3) is 5.91 Å². The monoisotopic (exact) mass is 401 g/mol. The van der Waals surface area contributed by atoms with E-state index in [9.17, 15) is 9.59 Å². The maximum atomic E-state index is 11.8. The molecule has 0 aliphatic heterocycles. The highest BCUT2D eigenvalue weighted by molar-refractivity contribution is 14.1. The molecule has 1 aromatic carbocycles. The third-order valence-electron chi connectivity index (χ3n) is 2.53. The van der Waals surface area contributed by atoms with Crippen LogP contribution >= 0.6 is 33.9 Å². The smallest absolute Gasteiger partial charge is 0.349 e. The number of carbonyl (C=O) groups excluding carboxylic acids is 2. The number of hydrogen-bond donors (Lipinski definition) is 1. The van der Waals surface area contributed by atoms with Crippen LogP contribution in [0.3, 0.4) is 0 Å². The summed E-state index contributed by atoms with van der Waals surface area (Å²) < 4.78 is 5.93. The molecule has 0 aliphatic carbocycles. The number of thiophene rings is 1. The maximum absolute atomic E-state index is 11.8. The Kier molecular flexibility index (Phi) is 5.13. The molecule has 1 amide bonds. The van der Waals surface area contributed by atoms with Crippen molar-refractivity contribution in [3.63, 3.8) is 0 Å². The summed E-state index contributed by atoms with van der Waals surface area (Å²) in [5, 5.41) is 4.52. The van der Waals surface area contributed by atoms with Gasteiger partial charge in [0, 0.05) is 3.57 Å². The minimum absolute atomic E-state index is 0.291. The van der Waals surface area contributed by atoms with E-state index in [2.05, 4.69) is 27.9 Å². The predicted octanol–water partition coefficient (Wildman–Crippen LogP) is 3.46. The molecule has 0 saturated heterocycles. The predicted molar refractivity (Wildman–Crippen MR) is 87.1 cm³/mol. The zero-order chi connectivity index (χ0) is 14.5. The molecule has 0 unspecified atom stereocenters. The lowest BCUT2D eigenvalue weighted by Gasteiger charge is -2.07. The van der Waals surface area contributed by atoms with Gasteiger partial charge in [-0.25, -0.2) is 4.79 Å². The lowest BCUT2D eigenvalue weighted by atomic mass is 10.3. The fourth-order valence-electron chi connectivity index (χ4n) is 1.53. The number of esters is 1. The number of ether oxygens (including phenoxy) is 1. The van der Waals surface area contributed by atoms with E-state index >= 15 is 0 Å². The summed E-state index contributed by atoms with van der Waals surface area (Å²) in [5.74, 6) is -0.813. The minimum Gasteiger partial charge on any atom is -0.451 e. The first-order chi connectivity index (χ1) is 9.58. The highest BCUT2D eigenvalue weighted by Crippen LogP contribution is 2.18. The van der Waals surface area contributed by atoms with Gasteiger partial charge in [-0.1, -0.05) is 12.1 Å². The molecule has 4 nitrogen and oxygen atoms in total. The molecule has 1 N–H and O–H groups in total. The van der Waals surface area contributed by atoms with E-state index in [0.29, 0.717) is 10.6 Å². The Morgan fingerprint density at radius 3 is 2.70 bits per heavy atom. The van der Waals surface area contributed by atoms with Crippen LogP contribution in [-0.2, 0) is 9.53 Å². The van der Waals surface area contributed by atoms with Crippen LogP contribution in [0, 0.1) is 10.5 Å². The first kappa shape index (κ1) is 15.0. The van der Waals surface area contributed by atoms with E-state index < -0.39 is 5.97 Å². The second-order valence-corrected chi connectivity index (χ2v) is 6.12. The lowest BCUT2D eigenvalue weighted by Crippen LogP contribution is -2.21. The molecule has 0 atom stereocenters. The summed E-state index contributed by atoms with van der Waals surface area (Å²) in [4.78, 5) is 24.0. The van der Waals surface area contributed by atoms with Gasteiger partial charge >= 0.3 is 5.97 Å². The second-order valence-electron chi connectivity index (χ2n) is 4.04. The van der Waals surface area contributed by atoms with Gasteiger partial charge in [-0.2, -0.15) is 0 Å². The van der Waals surface area contributed by atoms with Gasteiger partial charge in [0.15, 0.2) is 6.61 Å². The Hall–Kier alpha value is -1.41. The summed E-state index contributed by atoms with van der Waals surface area (Å²) in [7, 11) is 0. The summed E-state index contributed by atoms with van der Waals surface area (Å²) in [6, 6.07) is 9.24. The first-order valence-electron chi connectivity index (χ1n) is 5.83. The van der Waals surface area contributed by atoms with Crippen LogP contribution in [-0.4, -0.2) is 18.5 Å². The van der Waals surface area contributed by atoms with E-state index in [-0.39, 0.29) is 12.5 Å². The Labute approximate surface area is 134 Å². The summed E-state index contributed by atoms with van der Waals surface area (Å²) in [6.45, 7) is 1.54. The van der Waals surface area contributed by atoms with Gasteiger partial charge in [-0.3, -0.25) is 4.79 Å². The number of aryl methyl sites for hydroxylation is 1. The zero-order valence-corrected chi connectivity index (χ0v) is 13.7. The zero-order valence-electron chi connectivity index (χ0n) is 10.7. The number of carbonyl (C=O) groups is 2. The number of rotatable bonds is 4. The quantitative estimate of drug-likeness (QED) is 0.631. The molecule has 2 rings (SSSR count). The first-order valence-corrected chi connectivity index (χ1v) is 7.79. The molecular formula is C14H12INO3S. The molecule has 0 aliphatic rings. The van der Waals surface area contributed by atoms with E-state index in [4.69, 9.17) is 4.74 Å². The Bertz CT molecular complexity index is 639. The van der Waals surface area contributed by atoms with Crippen LogP contribution in [0.2, 0.25) is 0 Å². The van der Waals surface area contributed by atoms with Crippen molar-refractivity contribution in [2.45, 2.75) is 6.92 Å². The van der Waals surface area contributed by atoms with E-state index in [0.717, 1.165) is 9.13 Å². The number of anilines is 1. The maximum Gasteiger partial charge on any atom is 0.349 e. The van der Waals surface area contributed by atoms with Crippen LogP contribution in [0.15, 0.2) is 35.7 Å².